The third-order valence-corrected chi connectivity index (χ3v) is 2.52. The minimum absolute atomic E-state index is 0.532. The van der Waals surface area contributed by atoms with E-state index >= 15 is 0 Å². The predicted octanol–water partition coefficient (Wildman–Crippen LogP) is 2.60. The molecule has 0 atom stereocenters. The van der Waals surface area contributed by atoms with Crippen molar-refractivity contribution in [1.29, 1.82) is 0 Å². The van der Waals surface area contributed by atoms with Crippen molar-refractivity contribution in [2.45, 2.75) is 26.3 Å². The molecule has 1 rings (SSSR count). The molecule has 0 aliphatic rings. The van der Waals surface area contributed by atoms with Gasteiger partial charge in [-0.2, -0.15) is 0 Å². The van der Waals surface area contributed by atoms with Gasteiger partial charge in [0.2, 0.25) is 0 Å². The van der Waals surface area contributed by atoms with E-state index in [2.05, 4.69) is 18.2 Å². The van der Waals surface area contributed by atoms with Crippen molar-refractivity contribution in [3.8, 4) is 23.8 Å². The quantitative estimate of drug-likeness (QED) is 0.566. The van der Waals surface area contributed by atoms with Crippen molar-refractivity contribution in [1.82, 2.24) is 5.32 Å². The summed E-state index contributed by atoms with van der Waals surface area (Å²) in [6.45, 7) is 4.47. The fourth-order valence-corrected chi connectivity index (χ4v) is 1.56. The molecule has 1 N–H and O–H groups in total. The van der Waals surface area contributed by atoms with Crippen LogP contribution >= 0.6 is 0 Å². The van der Waals surface area contributed by atoms with Crippen molar-refractivity contribution >= 4 is 0 Å². The topological polar surface area (TPSA) is 30.5 Å². The second kappa shape index (κ2) is 8.43. The molecule has 0 amide bonds. The van der Waals surface area contributed by atoms with Gasteiger partial charge in [-0.3, -0.25) is 0 Å². The summed E-state index contributed by atoms with van der Waals surface area (Å²) in [6, 6.07) is 5.86. The summed E-state index contributed by atoms with van der Waals surface area (Å²) >= 11 is 0. The van der Waals surface area contributed by atoms with Crippen LogP contribution < -0.4 is 14.8 Å². The zero-order valence-electron chi connectivity index (χ0n) is 11.2. The molecule has 0 saturated carbocycles. The number of benzene rings is 1. The molecule has 3 nitrogen and oxygen atoms in total. The Bertz CT molecular complexity index is 396. The highest BCUT2D eigenvalue weighted by molar-refractivity contribution is 5.40. The van der Waals surface area contributed by atoms with Crippen LogP contribution in [-0.4, -0.2) is 20.3 Å². The molecule has 0 aliphatic heterocycles. The van der Waals surface area contributed by atoms with Gasteiger partial charge in [0.1, 0.15) is 11.5 Å². The van der Waals surface area contributed by atoms with Gasteiger partial charge in [-0.25, -0.2) is 0 Å². The highest BCUT2D eigenvalue weighted by atomic mass is 16.5. The maximum atomic E-state index is 5.69. The maximum Gasteiger partial charge on any atom is 0.127 e. The van der Waals surface area contributed by atoms with Gasteiger partial charge in [0.25, 0.3) is 0 Å². The van der Waals surface area contributed by atoms with E-state index < -0.39 is 0 Å². The number of terminal acetylenes is 1. The molecule has 0 spiro atoms. The molecule has 0 heterocycles. The molecule has 0 unspecified atom stereocenters. The standard InChI is InChI=1S/C15H21NO2/c1-4-6-10-18-15-11-14(17-3)8-7-13(15)12-16-9-5-2/h1,7-8,11,16H,5-6,9-10,12H2,2-3H3. The third kappa shape index (κ3) is 4.68. The van der Waals surface area contributed by atoms with Crippen LogP contribution in [-0.2, 0) is 6.54 Å². The van der Waals surface area contributed by atoms with Crippen LogP contribution in [0.3, 0.4) is 0 Å². The molecule has 3 heteroatoms. The molecule has 0 saturated heterocycles. The first kappa shape index (κ1) is 14.4. The van der Waals surface area contributed by atoms with Crippen molar-refractivity contribution in [3.05, 3.63) is 23.8 Å². The molecule has 0 aromatic heterocycles. The summed E-state index contributed by atoms with van der Waals surface area (Å²) in [4.78, 5) is 0. The first-order chi connectivity index (χ1) is 8.81. The van der Waals surface area contributed by atoms with Crippen molar-refractivity contribution in [2.24, 2.45) is 0 Å². The van der Waals surface area contributed by atoms with Crippen LogP contribution in [0, 0.1) is 12.3 Å². The Balaban J connectivity index is 2.70. The highest BCUT2D eigenvalue weighted by Crippen LogP contribution is 2.25. The van der Waals surface area contributed by atoms with Crippen molar-refractivity contribution in [3.63, 3.8) is 0 Å². The Kier molecular flexibility index (Phi) is 6.75. The average molecular weight is 247 g/mol. The van der Waals surface area contributed by atoms with Crippen LogP contribution in [0.4, 0.5) is 0 Å². The smallest absolute Gasteiger partial charge is 0.127 e. The molecular formula is C15H21NO2. The number of hydrogen-bond donors (Lipinski definition) is 1. The Morgan fingerprint density at radius 2 is 2.22 bits per heavy atom. The molecular weight excluding hydrogens is 226 g/mol. The maximum absolute atomic E-state index is 5.69. The van der Waals surface area contributed by atoms with E-state index in [1.54, 1.807) is 7.11 Å². The first-order valence-corrected chi connectivity index (χ1v) is 6.25. The molecule has 0 fully saturated rings. The van der Waals surface area contributed by atoms with Gasteiger partial charge in [-0.15, -0.1) is 12.3 Å². The fourth-order valence-electron chi connectivity index (χ4n) is 1.56. The highest BCUT2D eigenvalue weighted by Gasteiger charge is 2.05. The summed E-state index contributed by atoms with van der Waals surface area (Å²) in [6.07, 6.45) is 6.94. The van der Waals surface area contributed by atoms with Gasteiger partial charge in [0.05, 0.1) is 13.7 Å². The van der Waals surface area contributed by atoms with E-state index in [-0.39, 0.29) is 0 Å². The van der Waals surface area contributed by atoms with Crippen LogP contribution in [0.1, 0.15) is 25.3 Å². The number of ether oxygens (including phenoxy) is 2. The molecule has 18 heavy (non-hydrogen) atoms. The first-order valence-electron chi connectivity index (χ1n) is 6.25. The largest absolute Gasteiger partial charge is 0.497 e. The molecule has 0 radical (unpaired) electrons. The summed E-state index contributed by atoms with van der Waals surface area (Å²) in [5, 5.41) is 3.36. The van der Waals surface area contributed by atoms with Crippen LogP contribution in [0.25, 0.3) is 0 Å². The Morgan fingerprint density at radius 3 is 2.89 bits per heavy atom. The lowest BCUT2D eigenvalue weighted by Crippen LogP contribution is -2.14. The van der Waals surface area contributed by atoms with Crippen molar-refractivity contribution in [2.75, 3.05) is 20.3 Å². The number of methoxy groups -OCH3 is 1. The minimum atomic E-state index is 0.532. The lowest BCUT2D eigenvalue weighted by atomic mass is 10.2. The van der Waals surface area contributed by atoms with Gasteiger partial charge < -0.3 is 14.8 Å². The summed E-state index contributed by atoms with van der Waals surface area (Å²) < 4.78 is 10.9. The molecule has 1 aromatic rings. The van der Waals surface area contributed by atoms with Gasteiger partial charge >= 0.3 is 0 Å². The lowest BCUT2D eigenvalue weighted by molar-refractivity contribution is 0.319. The summed E-state index contributed by atoms with van der Waals surface area (Å²) in [7, 11) is 1.65. The number of rotatable bonds is 8. The normalized spacial score (nSPS) is 9.83. The monoisotopic (exact) mass is 247 g/mol. The molecule has 1 aromatic carbocycles. The van der Waals surface area contributed by atoms with E-state index in [4.69, 9.17) is 15.9 Å². The average Bonchev–Trinajstić information content (AvgIpc) is 2.40. The second-order valence-electron chi connectivity index (χ2n) is 3.95. The van der Waals surface area contributed by atoms with Gasteiger partial charge in [0.15, 0.2) is 0 Å². The fraction of sp³-hybridized carbons (Fsp3) is 0.467. The third-order valence-electron chi connectivity index (χ3n) is 2.52. The zero-order chi connectivity index (χ0) is 13.2. The predicted molar refractivity (Wildman–Crippen MR) is 73.9 cm³/mol. The number of hydrogen-bond acceptors (Lipinski definition) is 3. The van der Waals surface area contributed by atoms with E-state index in [1.807, 2.05) is 18.2 Å². The van der Waals surface area contributed by atoms with Crippen LogP contribution in [0.15, 0.2) is 18.2 Å². The number of nitrogens with one attached hydrogen (secondary N) is 1. The lowest BCUT2D eigenvalue weighted by Gasteiger charge is -2.13. The van der Waals surface area contributed by atoms with E-state index in [0.717, 1.165) is 36.6 Å². The van der Waals surface area contributed by atoms with Gasteiger partial charge in [-0.05, 0) is 19.0 Å². The Morgan fingerprint density at radius 1 is 1.39 bits per heavy atom. The van der Waals surface area contributed by atoms with Gasteiger partial charge in [-0.1, -0.05) is 13.0 Å². The Hall–Kier alpha value is -1.66. The SMILES string of the molecule is C#CCCOc1cc(OC)ccc1CNCCC. The zero-order valence-corrected chi connectivity index (χ0v) is 11.2. The van der Waals surface area contributed by atoms with E-state index in [9.17, 15) is 0 Å². The molecule has 0 bridgehead atoms. The van der Waals surface area contributed by atoms with Crippen LogP contribution in [0.2, 0.25) is 0 Å². The molecule has 0 aliphatic carbocycles. The Labute approximate surface area is 109 Å². The van der Waals surface area contributed by atoms with E-state index in [0.29, 0.717) is 13.0 Å². The van der Waals surface area contributed by atoms with Gasteiger partial charge in [0, 0.05) is 24.6 Å². The second-order valence-corrected chi connectivity index (χ2v) is 3.95. The van der Waals surface area contributed by atoms with E-state index in [1.165, 1.54) is 0 Å². The van der Waals surface area contributed by atoms with Crippen LogP contribution in [0.5, 0.6) is 11.5 Å². The summed E-state index contributed by atoms with van der Waals surface area (Å²) in [5.41, 5.74) is 1.13. The molecule has 98 valence electrons. The van der Waals surface area contributed by atoms with Crippen molar-refractivity contribution < 1.29 is 9.47 Å². The minimum Gasteiger partial charge on any atom is -0.497 e. The summed E-state index contributed by atoms with van der Waals surface area (Å²) in [5.74, 6) is 4.20.